The summed E-state index contributed by atoms with van der Waals surface area (Å²) in [6, 6.07) is 2.86. The highest BCUT2D eigenvalue weighted by atomic mass is 16.7. The molecule has 1 aromatic rings. The van der Waals surface area contributed by atoms with Crippen LogP contribution in [-0.2, 0) is 32.1 Å². The van der Waals surface area contributed by atoms with Crippen LogP contribution in [0.25, 0.3) is 0 Å². The fraction of sp³-hybridized carbons (Fsp3) is 0.571. The number of hydrogen-bond acceptors (Lipinski definition) is 8. The second-order valence-electron chi connectivity index (χ2n) is 8.71. The van der Waals surface area contributed by atoms with Crippen LogP contribution in [0.2, 0.25) is 0 Å². The number of ether oxygens (including phenoxy) is 5. The van der Waals surface area contributed by atoms with Crippen LogP contribution in [0.3, 0.4) is 0 Å². The zero-order valence-corrected chi connectivity index (χ0v) is 18.0. The van der Waals surface area contributed by atoms with Crippen molar-refractivity contribution in [1.29, 1.82) is 0 Å². The minimum absolute atomic E-state index is 0.0492. The molecule has 0 spiro atoms. The van der Waals surface area contributed by atoms with E-state index in [1.54, 1.807) is 25.7 Å². The van der Waals surface area contributed by atoms with Gasteiger partial charge in [0.25, 0.3) is 0 Å². The number of amides is 2. The number of carbonyl (C=O) groups excluding carboxylic acids is 3. The lowest BCUT2D eigenvalue weighted by Crippen LogP contribution is -2.44. The molecule has 0 N–H and O–H groups in total. The predicted molar refractivity (Wildman–Crippen MR) is 105 cm³/mol. The first-order valence-electron chi connectivity index (χ1n) is 10.1. The van der Waals surface area contributed by atoms with Crippen molar-refractivity contribution in [3.63, 3.8) is 0 Å². The maximum atomic E-state index is 12.8. The molecule has 1 saturated heterocycles. The van der Waals surface area contributed by atoms with Gasteiger partial charge in [-0.05, 0) is 32.4 Å². The van der Waals surface area contributed by atoms with Gasteiger partial charge >= 0.3 is 18.2 Å². The first kappa shape index (κ1) is 21.1. The minimum Gasteiger partial charge on any atom is -0.467 e. The van der Waals surface area contributed by atoms with Gasteiger partial charge in [0.15, 0.2) is 11.5 Å². The van der Waals surface area contributed by atoms with E-state index >= 15 is 0 Å². The summed E-state index contributed by atoms with van der Waals surface area (Å²) in [5, 5.41) is 0. The van der Waals surface area contributed by atoms with Crippen molar-refractivity contribution in [2.24, 2.45) is 0 Å². The second kappa shape index (κ2) is 7.82. The van der Waals surface area contributed by atoms with Crippen molar-refractivity contribution in [3.8, 4) is 11.5 Å². The summed E-state index contributed by atoms with van der Waals surface area (Å²) >= 11 is 0. The molecular formula is C21H26N2O8. The third kappa shape index (κ3) is 4.19. The standard InChI is InChI=1S/C21H26N2O8/c1-21(2,3)31-20(26)23-9-13(7-15(23)18(24)27-4)30-19(25)22-8-12-5-6-16-17(14(12)10-22)29-11-28-16/h5-6,13,15H,7-11H2,1-4H3/t13-,15+/m1/s1. The van der Waals surface area contributed by atoms with E-state index in [4.69, 9.17) is 23.7 Å². The van der Waals surface area contributed by atoms with Crippen molar-refractivity contribution in [2.45, 2.75) is 58.0 Å². The smallest absolute Gasteiger partial charge is 0.411 e. The van der Waals surface area contributed by atoms with Gasteiger partial charge in [-0.15, -0.1) is 0 Å². The van der Waals surface area contributed by atoms with Gasteiger partial charge in [0.05, 0.1) is 20.2 Å². The number of hydrogen-bond donors (Lipinski definition) is 0. The summed E-state index contributed by atoms with van der Waals surface area (Å²) in [5.74, 6) is 0.750. The molecular weight excluding hydrogens is 408 g/mol. The number of methoxy groups -OCH3 is 1. The lowest BCUT2D eigenvalue weighted by atomic mass is 10.1. The average molecular weight is 434 g/mol. The van der Waals surface area contributed by atoms with Crippen LogP contribution >= 0.6 is 0 Å². The fourth-order valence-electron chi connectivity index (χ4n) is 3.96. The van der Waals surface area contributed by atoms with Crippen LogP contribution < -0.4 is 9.47 Å². The van der Waals surface area contributed by atoms with E-state index in [1.807, 2.05) is 12.1 Å². The molecule has 0 radical (unpaired) electrons. The van der Waals surface area contributed by atoms with Gasteiger partial charge in [0.2, 0.25) is 6.79 Å². The lowest BCUT2D eigenvalue weighted by molar-refractivity contribution is -0.145. The van der Waals surface area contributed by atoms with Gasteiger partial charge in [0, 0.05) is 18.5 Å². The highest BCUT2D eigenvalue weighted by molar-refractivity contribution is 5.82. The Morgan fingerprint density at radius 3 is 2.58 bits per heavy atom. The molecule has 10 heteroatoms. The number of likely N-dealkylation sites (tertiary alicyclic amines) is 1. The predicted octanol–water partition coefficient (Wildman–Crippen LogP) is 2.42. The average Bonchev–Trinajstić information content (AvgIpc) is 3.42. The number of carbonyl (C=O) groups is 3. The Morgan fingerprint density at radius 1 is 1.10 bits per heavy atom. The van der Waals surface area contributed by atoms with E-state index in [9.17, 15) is 14.4 Å². The fourth-order valence-corrected chi connectivity index (χ4v) is 3.96. The van der Waals surface area contributed by atoms with E-state index in [-0.39, 0.29) is 19.8 Å². The van der Waals surface area contributed by atoms with Gasteiger partial charge in [-0.3, -0.25) is 9.80 Å². The molecule has 10 nitrogen and oxygen atoms in total. The third-order valence-corrected chi connectivity index (χ3v) is 5.34. The molecule has 3 aliphatic heterocycles. The third-order valence-electron chi connectivity index (χ3n) is 5.34. The van der Waals surface area contributed by atoms with E-state index in [2.05, 4.69) is 0 Å². The second-order valence-corrected chi connectivity index (χ2v) is 8.71. The zero-order valence-electron chi connectivity index (χ0n) is 18.0. The van der Waals surface area contributed by atoms with Crippen LogP contribution in [0.5, 0.6) is 11.5 Å². The maximum absolute atomic E-state index is 12.8. The van der Waals surface area contributed by atoms with Crippen molar-refractivity contribution >= 4 is 18.2 Å². The normalized spacial score (nSPS) is 21.7. The molecule has 2 amide bonds. The van der Waals surface area contributed by atoms with Crippen LogP contribution in [0, 0.1) is 0 Å². The Labute approximate surface area is 179 Å². The summed E-state index contributed by atoms with van der Waals surface area (Å²) in [7, 11) is 1.25. The van der Waals surface area contributed by atoms with Gasteiger partial charge in [0.1, 0.15) is 17.7 Å². The number of benzene rings is 1. The van der Waals surface area contributed by atoms with E-state index in [0.29, 0.717) is 24.6 Å². The largest absolute Gasteiger partial charge is 0.467 e. The maximum Gasteiger partial charge on any atom is 0.411 e. The first-order valence-corrected chi connectivity index (χ1v) is 10.1. The topological polar surface area (TPSA) is 104 Å². The van der Waals surface area contributed by atoms with Gasteiger partial charge < -0.3 is 23.7 Å². The summed E-state index contributed by atoms with van der Waals surface area (Å²) in [6.07, 6.45) is -1.69. The molecule has 3 heterocycles. The van der Waals surface area contributed by atoms with Crippen LogP contribution in [0.1, 0.15) is 38.3 Å². The number of fused-ring (bicyclic) bond motifs is 3. The Balaban J connectivity index is 1.41. The molecule has 2 atom stereocenters. The Morgan fingerprint density at radius 2 is 1.87 bits per heavy atom. The molecule has 0 bridgehead atoms. The highest BCUT2D eigenvalue weighted by Crippen LogP contribution is 2.41. The molecule has 31 heavy (non-hydrogen) atoms. The van der Waals surface area contributed by atoms with Gasteiger partial charge in [-0.1, -0.05) is 6.07 Å². The van der Waals surface area contributed by atoms with E-state index in [0.717, 1.165) is 11.1 Å². The monoisotopic (exact) mass is 434 g/mol. The number of esters is 1. The number of nitrogens with zero attached hydrogens (tertiary/aromatic N) is 2. The SMILES string of the molecule is COC(=O)[C@@H]1C[C@@H](OC(=O)N2Cc3ccc4c(c3C2)OCO4)CN1C(=O)OC(C)(C)C. The van der Waals surface area contributed by atoms with Gasteiger partial charge in [-0.25, -0.2) is 14.4 Å². The van der Waals surface area contributed by atoms with Crippen molar-refractivity contribution in [2.75, 3.05) is 20.4 Å². The molecule has 0 saturated carbocycles. The quantitative estimate of drug-likeness (QED) is 0.516. The summed E-state index contributed by atoms with van der Waals surface area (Å²) in [6.45, 7) is 6.14. The van der Waals surface area contributed by atoms with Crippen LogP contribution in [-0.4, -0.2) is 66.1 Å². The van der Waals surface area contributed by atoms with Crippen molar-refractivity contribution in [3.05, 3.63) is 23.3 Å². The summed E-state index contributed by atoms with van der Waals surface area (Å²) in [5.41, 5.74) is 1.15. The highest BCUT2D eigenvalue weighted by Gasteiger charge is 2.44. The van der Waals surface area contributed by atoms with Crippen LogP contribution in [0.15, 0.2) is 12.1 Å². The minimum atomic E-state index is -0.873. The molecule has 1 aromatic carbocycles. The van der Waals surface area contributed by atoms with Gasteiger partial charge in [-0.2, -0.15) is 0 Å². The Hall–Kier alpha value is -3.17. The van der Waals surface area contributed by atoms with Crippen molar-refractivity contribution < 1.29 is 38.1 Å². The van der Waals surface area contributed by atoms with E-state index < -0.39 is 35.9 Å². The summed E-state index contributed by atoms with van der Waals surface area (Å²) in [4.78, 5) is 40.4. The molecule has 168 valence electrons. The molecule has 3 aliphatic rings. The molecule has 1 fully saturated rings. The van der Waals surface area contributed by atoms with Crippen LogP contribution in [0.4, 0.5) is 9.59 Å². The molecule has 0 aliphatic carbocycles. The lowest BCUT2D eigenvalue weighted by Gasteiger charge is -2.27. The molecule has 4 rings (SSSR count). The summed E-state index contributed by atoms with van der Waals surface area (Å²) < 4.78 is 26.8. The number of rotatable bonds is 2. The Bertz CT molecular complexity index is 909. The zero-order chi connectivity index (χ0) is 22.3. The Kier molecular flexibility index (Phi) is 5.32. The van der Waals surface area contributed by atoms with E-state index in [1.165, 1.54) is 12.0 Å². The molecule has 0 aromatic heterocycles. The molecule has 0 unspecified atom stereocenters. The first-order chi connectivity index (χ1) is 14.7. The van der Waals surface area contributed by atoms with Crippen molar-refractivity contribution in [1.82, 2.24) is 9.80 Å².